The summed E-state index contributed by atoms with van der Waals surface area (Å²) in [7, 11) is -3.96. The van der Waals surface area contributed by atoms with Gasteiger partial charge in [0, 0.05) is 18.5 Å². The van der Waals surface area contributed by atoms with Gasteiger partial charge in [0.25, 0.3) is 15.9 Å². The molecule has 1 aliphatic heterocycles. The summed E-state index contributed by atoms with van der Waals surface area (Å²) in [5.41, 5.74) is 1.93. The van der Waals surface area contributed by atoms with Gasteiger partial charge >= 0.3 is 6.18 Å². The lowest BCUT2D eigenvalue weighted by Crippen LogP contribution is -2.33. The number of anilines is 1. The Morgan fingerprint density at radius 3 is 2.53 bits per heavy atom. The van der Waals surface area contributed by atoms with Crippen LogP contribution < -0.4 is 10.0 Å². The molecule has 0 spiro atoms. The van der Waals surface area contributed by atoms with Crippen molar-refractivity contribution >= 4 is 32.7 Å². The number of benzene rings is 2. The molecular formula is C21H21F3N4O3S. The van der Waals surface area contributed by atoms with Gasteiger partial charge in [-0.15, -0.1) is 0 Å². The molecular weight excluding hydrogens is 445 g/mol. The molecule has 7 nitrogen and oxygen atoms in total. The third-order valence-corrected chi connectivity index (χ3v) is 6.64. The molecule has 0 saturated carbocycles. The monoisotopic (exact) mass is 466 g/mol. The number of fused-ring (bicyclic) bond motifs is 3. The average Bonchev–Trinajstić information content (AvgIpc) is 2.91. The molecule has 32 heavy (non-hydrogen) atoms. The van der Waals surface area contributed by atoms with Crippen molar-refractivity contribution in [3.63, 3.8) is 0 Å². The van der Waals surface area contributed by atoms with E-state index in [1.165, 1.54) is 12.1 Å². The number of aryl methyl sites for hydroxylation is 2. The minimum absolute atomic E-state index is 0.0749. The van der Waals surface area contributed by atoms with Gasteiger partial charge in [0.15, 0.2) is 0 Å². The number of alkyl halides is 3. The number of nitrogens with one attached hydrogen (secondary N) is 2. The van der Waals surface area contributed by atoms with Crippen LogP contribution in [0, 0.1) is 0 Å². The van der Waals surface area contributed by atoms with E-state index in [4.69, 9.17) is 0 Å². The minimum Gasteiger partial charge on any atom is -0.343 e. The molecule has 4 rings (SSSR count). The highest BCUT2D eigenvalue weighted by Crippen LogP contribution is 2.26. The standard InChI is InChI=1S/C21H21F3N4O3S/c22-21(23,24)13-25-20(29)14-5-8-16(9-6-14)32(30,31)27-15-7-10-18-17(12-15)26-19-4-2-1-3-11-28(18)19/h5-10,12,27H,1-4,11,13H2,(H,25,29). The number of carbonyl (C=O) groups excluding carboxylic acids is 1. The highest BCUT2D eigenvalue weighted by atomic mass is 32.2. The van der Waals surface area contributed by atoms with Crippen molar-refractivity contribution in [2.75, 3.05) is 11.3 Å². The third-order valence-electron chi connectivity index (χ3n) is 5.24. The van der Waals surface area contributed by atoms with Gasteiger partial charge in [-0.05, 0) is 55.3 Å². The van der Waals surface area contributed by atoms with Gasteiger partial charge < -0.3 is 9.88 Å². The summed E-state index contributed by atoms with van der Waals surface area (Å²) in [4.78, 5) is 16.3. The fraction of sp³-hybridized carbons (Fsp3) is 0.333. The Balaban J connectivity index is 1.50. The Labute approximate surface area is 182 Å². The van der Waals surface area contributed by atoms with Crippen LogP contribution in [0.4, 0.5) is 18.9 Å². The fourth-order valence-corrected chi connectivity index (χ4v) is 4.74. The van der Waals surface area contributed by atoms with Gasteiger partial charge in [-0.3, -0.25) is 9.52 Å². The van der Waals surface area contributed by atoms with E-state index in [1.807, 2.05) is 6.07 Å². The number of hydrogen-bond donors (Lipinski definition) is 2. The van der Waals surface area contributed by atoms with Crippen LogP contribution in [-0.2, 0) is 23.0 Å². The molecule has 0 bridgehead atoms. The number of imidazole rings is 1. The summed E-state index contributed by atoms with van der Waals surface area (Å²) in [5.74, 6) is 0.0566. The summed E-state index contributed by atoms with van der Waals surface area (Å²) in [6.07, 6.45) is -0.328. The number of carbonyl (C=O) groups is 1. The first kappa shape index (κ1) is 22.1. The van der Waals surface area contributed by atoms with E-state index in [0.29, 0.717) is 11.2 Å². The maximum Gasteiger partial charge on any atom is 0.405 e. The molecule has 2 aromatic carbocycles. The Hall–Kier alpha value is -3.08. The second kappa shape index (κ2) is 8.45. The Morgan fingerprint density at radius 1 is 1.06 bits per heavy atom. The van der Waals surface area contributed by atoms with Crippen molar-refractivity contribution < 1.29 is 26.4 Å². The molecule has 1 aliphatic rings. The quantitative estimate of drug-likeness (QED) is 0.597. The van der Waals surface area contributed by atoms with Gasteiger partial charge in [0.1, 0.15) is 12.4 Å². The zero-order chi connectivity index (χ0) is 22.9. The Bertz CT molecular complexity index is 1250. The van der Waals surface area contributed by atoms with E-state index in [1.54, 1.807) is 17.4 Å². The second-order valence-electron chi connectivity index (χ2n) is 7.62. The Kier molecular flexibility index (Phi) is 5.85. The van der Waals surface area contributed by atoms with Crippen LogP contribution in [0.1, 0.15) is 35.4 Å². The van der Waals surface area contributed by atoms with Crippen LogP contribution in [0.2, 0.25) is 0 Å². The van der Waals surface area contributed by atoms with Crippen LogP contribution in [0.5, 0.6) is 0 Å². The average molecular weight is 466 g/mol. The van der Waals surface area contributed by atoms with E-state index in [2.05, 4.69) is 14.3 Å². The molecule has 2 heterocycles. The van der Waals surface area contributed by atoms with Crippen molar-refractivity contribution in [3.8, 4) is 0 Å². The predicted octanol–water partition coefficient (Wildman–Crippen LogP) is 3.86. The number of aromatic nitrogens is 2. The van der Waals surface area contributed by atoms with E-state index >= 15 is 0 Å². The molecule has 0 fully saturated rings. The van der Waals surface area contributed by atoms with Crippen LogP contribution in [-0.4, -0.2) is 36.6 Å². The van der Waals surface area contributed by atoms with E-state index in [0.717, 1.165) is 55.7 Å². The van der Waals surface area contributed by atoms with Crippen LogP contribution in [0.3, 0.4) is 0 Å². The summed E-state index contributed by atoms with van der Waals surface area (Å²) in [6, 6.07) is 9.84. The summed E-state index contributed by atoms with van der Waals surface area (Å²) in [6.45, 7) is -0.576. The lowest BCUT2D eigenvalue weighted by Gasteiger charge is -2.10. The predicted molar refractivity (Wildman–Crippen MR) is 113 cm³/mol. The molecule has 1 amide bonds. The van der Waals surface area contributed by atoms with E-state index in [9.17, 15) is 26.4 Å². The van der Waals surface area contributed by atoms with Crippen LogP contribution >= 0.6 is 0 Å². The van der Waals surface area contributed by atoms with Crippen LogP contribution in [0.25, 0.3) is 11.0 Å². The Morgan fingerprint density at radius 2 is 1.81 bits per heavy atom. The smallest absolute Gasteiger partial charge is 0.343 e. The number of amides is 1. The largest absolute Gasteiger partial charge is 0.405 e. The van der Waals surface area contributed by atoms with Crippen molar-refractivity contribution in [2.24, 2.45) is 0 Å². The molecule has 0 aliphatic carbocycles. The summed E-state index contributed by atoms with van der Waals surface area (Å²) >= 11 is 0. The van der Waals surface area contributed by atoms with Crippen molar-refractivity contribution in [1.82, 2.24) is 14.9 Å². The molecule has 0 radical (unpaired) electrons. The zero-order valence-electron chi connectivity index (χ0n) is 16.9. The second-order valence-corrected chi connectivity index (χ2v) is 9.30. The molecule has 3 aromatic rings. The van der Waals surface area contributed by atoms with E-state index in [-0.39, 0.29) is 10.5 Å². The lowest BCUT2D eigenvalue weighted by molar-refractivity contribution is -0.123. The van der Waals surface area contributed by atoms with Gasteiger partial charge in [0.05, 0.1) is 21.6 Å². The first-order valence-corrected chi connectivity index (χ1v) is 11.6. The van der Waals surface area contributed by atoms with Gasteiger partial charge in [-0.1, -0.05) is 6.42 Å². The lowest BCUT2D eigenvalue weighted by atomic mass is 10.2. The van der Waals surface area contributed by atoms with Gasteiger partial charge in [0.2, 0.25) is 0 Å². The molecule has 1 aromatic heterocycles. The molecule has 0 unspecified atom stereocenters. The SMILES string of the molecule is O=C(NCC(F)(F)F)c1ccc(S(=O)(=O)Nc2ccc3c(c2)nc2n3CCCCC2)cc1. The number of hydrogen-bond acceptors (Lipinski definition) is 4. The van der Waals surface area contributed by atoms with Gasteiger partial charge in [-0.25, -0.2) is 13.4 Å². The van der Waals surface area contributed by atoms with Crippen LogP contribution in [0.15, 0.2) is 47.4 Å². The number of nitrogens with zero attached hydrogens (tertiary/aromatic N) is 2. The summed E-state index contributed by atoms with van der Waals surface area (Å²) in [5, 5.41) is 1.74. The minimum atomic E-state index is -4.53. The van der Waals surface area contributed by atoms with Crippen molar-refractivity contribution in [1.29, 1.82) is 0 Å². The third kappa shape index (κ3) is 4.87. The van der Waals surface area contributed by atoms with Crippen molar-refractivity contribution in [3.05, 3.63) is 53.9 Å². The number of halogens is 3. The highest BCUT2D eigenvalue weighted by Gasteiger charge is 2.28. The van der Waals surface area contributed by atoms with Crippen molar-refractivity contribution in [2.45, 2.75) is 43.3 Å². The number of sulfonamides is 1. The number of rotatable bonds is 5. The molecule has 170 valence electrons. The first-order valence-electron chi connectivity index (χ1n) is 10.1. The zero-order valence-corrected chi connectivity index (χ0v) is 17.8. The summed E-state index contributed by atoms with van der Waals surface area (Å²) < 4.78 is 66.8. The van der Waals surface area contributed by atoms with Gasteiger partial charge in [-0.2, -0.15) is 13.2 Å². The molecule has 0 atom stereocenters. The molecule has 11 heteroatoms. The van der Waals surface area contributed by atoms with E-state index < -0.39 is 28.7 Å². The first-order chi connectivity index (χ1) is 15.1. The maximum absolute atomic E-state index is 12.7. The fourth-order valence-electron chi connectivity index (χ4n) is 3.70. The molecule has 0 saturated heterocycles. The molecule has 2 N–H and O–H groups in total. The topological polar surface area (TPSA) is 93.1 Å². The normalized spacial score (nSPS) is 14.6. The maximum atomic E-state index is 12.7. The highest BCUT2D eigenvalue weighted by molar-refractivity contribution is 7.92.